The summed E-state index contributed by atoms with van der Waals surface area (Å²) < 4.78 is 14.0. The maximum atomic E-state index is 12.8. The van der Waals surface area contributed by atoms with Gasteiger partial charge in [0, 0.05) is 25.1 Å². The summed E-state index contributed by atoms with van der Waals surface area (Å²) in [6, 6.07) is 5.37. The van der Waals surface area contributed by atoms with Gasteiger partial charge in [-0.2, -0.15) is 0 Å². The molecule has 92 valence electrons. The molecule has 0 saturated heterocycles. The zero-order chi connectivity index (χ0) is 13.1. The number of nitrogens with one attached hydrogen (secondary N) is 1. The van der Waals surface area contributed by atoms with Crippen molar-refractivity contribution in [1.29, 1.82) is 0 Å². The van der Waals surface area contributed by atoms with Gasteiger partial charge in [-0.15, -0.1) is 0 Å². The molecule has 0 aliphatic rings. The van der Waals surface area contributed by atoms with E-state index in [9.17, 15) is 14.0 Å². The van der Waals surface area contributed by atoms with E-state index in [-0.39, 0.29) is 5.69 Å². The van der Waals surface area contributed by atoms with Crippen LogP contribution in [-0.2, 0) is 0 Å². The third-order valence-corrected chi connectivity index (χ3v) is 2.39. The molecule has 1 amide bonds. The molecule has 2 rings (SSSR count). The molecule has 0 spiro atoms. The minimum absolute atomic E-state index is 0.204. The summed E-state index contributed by atoms with van der Waals surface area (Å²) >= 11 is 0. The molecule has 0 radical (unpaired) electrons. The van der Waals surface area contributed by atoms with Crippen molar-refractivity contribution in [2.24, 2.45) is 0 Å². The van der Waals surface area contributed by atoms with Crippen LogP contribution in [0.5, 0.6) is 0 Å². The lowest BCUT2D eigenvalue weighted by molar-refractivity contribution is 0.0956. The van der Waals surface area contributed by atoms with Crippen LogP contribution in [0.1, 0.15) is 10.5 Å². The molecule has 0 fully saturated rings. The first-order valence-electron chi connectivity index (χ1n) is 5.19. The second-order valence-corrected chi connectivity index (χ2v) is 3.51. The van der Waals surface area contributed by atoms with Crippen LogP contribution in [0.25, 0.3) is 5.69 Å². The second kappa shape index (κ2) is 4.79. The van der Waals surface area contributed by atoms with Crippen molar-refractivity contribution in [3.05, 3.63) is 58.5 Å². The number of halogens is 1. The van der Waals surface area contributed by atoms with Crippen molar-refractivity contribution in [3.63, 3.8) is 0 Å². The molecule has 0 saturated carbocycles. The average molecular weight is 247 g/mol. The molecular weight excluding hydrogens is 237 g/mol. The Balaban J connectivity index is 2.56. The van der Waals surface area contributed by atoms with E-state index < -0.39 is 17.3 Å². The summed E-state index contributed by atoms with van der Waals surface area (Å²) in [4.78, 5) is 27.2. The highest BCUT2D eigenvalue weighted by Crippen LogP contribution is 2.06. The van der Waals surface area contributed by atoms with Crippen LogP contribution >= 0.6 is 0 Å². The van der Waals surface area contributed by atoms with E-state index >= 15 is 0 Å². The molecule has 1 aromatic carbocycles. The van der Waals surface area contributed by atoms with Crippen molar-refractivity contribution in [3.8, 4) is 5.69 Å². The van der Waals surface area contributed by atoms with Gasteiger partial charge in [-0.25, -0.2) is 9.37 Å². The van der Waals surface area contributed by atoms with Crippen molar-refractivity contribution in [2.75, 3.05) is 7.05 Å². The molecule has 18 heavy (non-hydrogen) atoms. The quantitative estimate of drug-likeness (QED) is 0.851. The predicted molar refractivity (Wildman–Crippen MR) is 63.2 cm³/mol. The standard InChI is InChI=1S/C12H10FN3O2/c1-14-11(17)10-12(18)16(7-6-15-10)9-4-2-8(13)3-5-9/h2-7H,1H3,(H,14,17). The van der Waals surface area contributed by atoms with Gasteiger partial charge in [0.25, 0.3) is 11.5 Å². The molecule has 0 bridgehead atoms. The van der Waals surface area contributed by atoms with Crippen LogP contribution in [0.4, 0.5) is 4.39 Å². The fourth-order valence-corrected chi connectivity index (χ4v) is 1.49. The first-order chi connectivity index (χ1) is 8.63. The lowest BCUT2D eigenvalue weighted by Gasteiger charge is -2.06. The van der Waals surface area contributed by atoms with Gasteiger partial charge in [-0.05, 0) is 24.3 Å². The SMILES string of the molecule is CNC(=O)c1nccn(-c2ccc(F)cc2)c1=O. The van der Waals surface area contributed by atoms with Gasteiger partial charge in [-0.3, -0.25) is 14.2 Å². The summed E-state index contributed by atoms with van der Waals surface area (Å²) in [6.07, 6.45) is 2.76. The van der Waals surface area contributed by atoms with Crippen LogP contribution < -0.4 is 10.9 Å². The Kier molecular flexibility index (Phi) is 3.18. The van der Waals surface area contributed by atoms with Gasteiger partial charge in [0.2, 0.25) is 0 Å². The number of carbonyl (C=O) groups excluding carboxylic acids is 1. The van der Waals surface area contributed by atoms with Gasteiger partial charge in [0.1, 0.15) is 5.82 Å². The first kappa shape index (κ1) is 12.0. The maximum Gasteiger partial charge on any atom is 0.286 e. The third kappa shape index (κ3) is 2.13. The summed E-state index contributed by atoms with van der Waals surface area (Å²) in [5.41, 5.74) is -0.290. The predicted octanol–water partition coefficient (Wildman–Crippen LogP) is 0.731. The van der Waals surface area contributed by atoms with E-state index in [4.69, 9.17) is 0 Å². The van der Waals surface area contributed by atoms with Crippen molar-refractivity contribution in [1.82, 2.24) is 14.9 Å². The maximum absolute atomic E-state index is 12.8. The molecule has 5 nitrogen and oxygen atoms in total. The largest absolute Gasteiger partial charge is 0.354 e. The summed E-state index contributed by atoms with van der Waals surface area (Å²) in [6.45, 7) is 0. The van der Waals surface area contributed by atoms with E-state index in [1.807, 2.05) is 0 Å². The number of hydrogen-bond acceptors (Lipinski definition) is 3. The van der Waals surface area contributed by atoms with Gasteiger partial charge in [-0.1, -0.05) is 0 Å². The minimum atomic E-state index is -0.559. The van der Waals surface area contributed by atoms with Crippen molar-refractivity contribution >= 4 is 5.91 Å². The number of hydrogen-bond donors (Lipinski definition) is 1. The Bertz CT molecular complexity index is 635. The summed E-state index contributed by atoms with van der Waals surface area (Å²) in [7, 11) is 1.42. The third-order valence-electron chi connectivity index (χ3n) is 2.39. The monoisotopic (exact) mass is 247 g/mol. The molecule has 0 aliphatic carbocycles. The second-order valence-electron chi connectivity index (χ2n) is 3.51. The zero-order valence-corrected chi connectivity index (χ0v) is 9.55. The van der Waals surface area contributed by atoms with Gasteiger partial charge in [0.15, 0.2) is 5.69 Å². The molecule has 0 atom stereocenters. The highest BCUT2D eigenvalue weighted by atomic mass is 19.1. The van der Waals surface area contributed by atoms with E-state index in [0.717, 1.165) is 0 Å². The Morgan fingerprint density at radius 3 is 2.61 bits per heavy atom. The number of rotatable bonds is 2. The smallest absolute Gasteiger partial charge is 0.286 e. The van der Waals surface area contributed by atoms with Crippen LogP contribution in [0.3, 0.4) is 0 Å². The zero-order valence-electron chi connectivity index (χ0n) is 9.55. The Morgan fingerprint density at radius 2 is 2.00 bits per heavy atom. The molecule has 0 aliphatic heterocycles. The van der Waals surface area contributed by atoms with Gasteiger partial charge < -0.3 is 5.32 Å². The Morgan fingerprint density at radius 1 is 1.33 bits per heavy atom. The Hall–Kier alpha value is -2.50. The van der Waals surface area contributed by atoms with E-state index in [0.29, 0.717) is 5.69 Å². The molecule has 1 heterocycles. The minimum Gasteiger partial charge on any atom is -0.354 e. The van der Waals surface area contributed by atoms with E-state index in [2.05, 4.69) is 10.3 Å². The van der Waals surface area contributed by atoms with Gasteiger partial charge >= 0.3 is 0 Å². The van der Waals surface area contributed by atoms with Gasteiger partial charge in [0.05, 0.1) is 0 Å². The Labute approximate surface area is 102 Å². The normalized spacial score (nSPS) is 10.1. The molecule has 0 unspecified atom stereocenters. The van der Waals surface area contributed by atoms with Crippen LogP contribution in [0.15, 0.2) is 41.5 Å². The fraction of sp³-hybridized carbons (Fsp3) is 0.0833. The highest BCUT2D eigenvalue weighted by Gasteiger charge is 2.12. The van der Waals surface area contributed by atoms with Crippen molar-refractivity contribution < 1.29 is 9.18 Å². The first-order valence-corrected chi connectivity index (χ1v) is 5.19. The topological polar surface area (TPSA) is 64.0 Å². The van der Waals surface area contributed by atoms with Crippen LogP contribution in [0, 0.1) is 5.82 Å². The van der Waals surface area contributed by atoms with Crippen molar-refractivity contribution in [2.45, 2.75) is 0 Å². The molecule has 2 aromatic rings. The summed E-state index contributed by atoms with van der Waals surface area (Å²) in [5.74, 6) is -0.955. The number of amides is 1. The molecule has 1 aromatic heterocycles. The number of benzene rings is 1. The van der Waals surface area contributed by atoms with E-state index in [1.165, 1.54) is 48.3 Å². The molecule has 6 heteroatoms. The summed E-state index contributed by atoms with van der Waals surface area (Å²) in [5, 5.41) is 2.34. The highest BCUT2D eigenvalue weighted by molar-refractivity contribution is 5.91. The van der Waals surface area contributed by atoms with Crippen LogP contribution in [-0.4, -0.2) is 22.5 Å². The molecular formula is C12H10FN3O2. The lowest BCUT2D eigenvalue weighted by Crippen LogP contribution is -2.31. The molecule has 1 N–H and O–H groups in total. The fourth-order valence-electron chi connectivity index (χ4n) is 1.49. The lowest BCUT2D eigenvalue weighted by atomic mass is 10.3. The van der Waals surface area contributed by atoms with Crippen LogP contribution in [0.2, 0.25) is 0 Å². The number of carbonyl (C=O) groups is 1. The average Bonchev–Trinajstić information content (AvgIpc) is 2.39. The van der Waals surface area contributed by atoms with E-state index in [1.54, 1.807) is 0 Å². The number of nitrogens with zero attached hydrogens (tertiary/aromatic N) is 2. The number of aromatic nitrogens is 2.